The summed E-state index contributed by atoms with van der Waals surface area (Å²) in [6.07, 6.45) is 1.75. The second kappa shape index (κ2) is 7.47. The van der Waals surface area contributed by atoms with Gasteiger partial charge in [0.05, 0.1) is 9.82 Å². The van der Waals surface area contributed by atoms with Crippen molar-refractivity contribution in [1.29, 1.82) is 0 Å². The van der Waals surface area contributed by atoms with Gasteiger partial charge >= 0.3 is 0 Å². The van der Waals surface area contributed by atoms with Gasteiger partial charge in [-0.05, 0) is 32.2 Å². The first kappa shape index (κ1) is 18.7. The van der Waals surface area contributed by atoms with Crippen molar-refractivity contribution >= 4 is 35.8 Å². The van der Waals surface area contributed by atoms with Gasteiger partial charge in [0, 0.05) is 23.7 Å². The molecule has 1 rings (SSSR count). The molecule has 0 fully saturated rings. The minimum absolute atomic E-state index is 0. The number of nitrogens with one attached hydrogen (secondary N) is 1. The van der Waals surface area contributed by atoms with Gasteiger partial charge in [0.15, 0.2) is 0 Å². The Labute approximate surface area is 128 Å². The molecule has 20 heavy (non-hydrogen) atoms. The van der Waals surface area contributed by atoms with Crippen LogP contribution >= 0.6 is 24.2 Å². The van der Waals surface area contributed by atoms with Crippen LogP contribution in [0.3, 0.4) is 0 Å². The van der Waals surface area contributed by atoms with Gasteiger partial charge < -0.3 is 11.1 Å². The summed E-state index contributed by atoms with van der Waals surface area (Å²) in [5.41, 5.74) is 5.17. The van der Waals surface area contributed by atoms with Crippen LogP contribution in [-0.4, -0.2) is 29.2 Å². The van der Waals surface area contributed by atoms with E-state index in [0.717, 1.165) is 0 Å². The molecule has 112 valence electrons. The molecule has 1 aromatic rings. The summed E-state index contributed by atoms with van der Waals surface area (Å²) >= 11 is 1.27. The largest absolute Gasteiger partial charge is 0.346 e. The Kier molecular flexibility index (Phi) is 6.98. The Hall–Kier alpha value is -1.31. The standard InChI is InChI=1S/C12H17N3O3S.ClH/c1-12(2,7-13)14-11(16)8-4-5-10(19-3)9(6-8)15(17)18;/h4-6H,7,13H2,1-3H3,(H,14,16);1H. The molecule has 0 atom stereocenters. The zero-order valence-corrected chi connectivity index (χ0v) is 13.1. The predicted octanol–water partition coefficient (Wildman–Crippen LogP) is 2.21. The highest BCUT2D eigenvalue weighted by atomic mass is 35.5. The van der Waals surface area contributed by atoms with Crippen LogP contribution in [-0.2, 0) is 0 Å². The lowest BCUT2D eigenvalue weighted by Crippen LogP contribution is -2.48. The van der Waals surface area contributed by atoms with Crippen molar-refractivity contribution in [2.45, 2.75) is 24.3 Å². The smallest absolute Gasteiger partial charge is 0.283 e. The van der Waals surface area contributed by atoms with Gasteiger partial charge in [-0.2, -0.15) is 0 Å². The first-order valence-corrected chi connectivity index (χ1v) is 6.88. The molecule has 1 amide bonds. The summed E-state index contributed by atoms with van der Waals surface area (Å²) in [6, 6.07) is 4.43. The molecule has 0 saturated heterocycles. The maximum atomic E-state index is 12.0. The van der Waals surface area contributed by atoms with Crippen LogP contribution in [0.4, 0.5) is 5.69 Å². The number of rotatable bonds is 5. The van der Waals surface area contributed by atoms with E-state index in [9.17, 15) is 14.9 Å². The van der Waals surface area contributed by atoms with Gasteiger partial charge in [0.25, 0.3) is 11.6 Å². The number of nitro benzene ring substituents is 1. The molecule has 0 aliphatic rings. The molecule has 0 saturated carbocycles. The van der Waals surface area contributed by atoms with Crippen LogP contribution in [0.25, 0.3) is 0 Å². The molecule has 3 N–H and O–H groups in total. The van der Waals surface area contributed by atoms with Gasteiger partial charge in [-0.25, -0.2) is 0 Å². The molecule has 8 heteroatoms. The number of nitro groups is 1. The topological polar surface area (TPSA) is 98.3 Å². The predicted molar refractivity (Wildman–Crippen MR) is 82.7 cm³/mol. The Morgan fingerprint density at radius 1 is 1.50 bits per heavy atom. The number of nitrogens with zero attached hydrogens (tertiary/aromatic N) is 1. The first-order valence-electron chi connectivity index (χ1n) is 5.66. The van der Waals surface area contributed by atoms with E-state index >= 15 is 0 Å². The fourth-order valence-electron chi connectivity index (χ4n) is 1.40. The number of benzene rings is 1. The SMILES string of the molecule is CSc1ccc(C(=O)NC(C)(C)CN)cc1[N+](=O)[O-].Cl. The molecule has 0 unspecified atom stereocenters. The van der Waals surface area contributed by atoms with E-state index < -0.39 is 10.5 Å². The number of halogens is 1. The van der Waals surface area contributed by atoms with Gasteiger partial charge in [0.1, 0.15) is 0 Å². The van der Waals surface area contributed by atoms with E-state index in [1.807, 2.05) is 0 Å². The van der Waals surface area contributed by atoms with Crippen molar-refractivity contribution in [1.82, 2.24) is 5.32 Å². The van der Waals surface area contributed by atoms with Gasteiger partial charge in [0.2, 0.25) is 0 Å². The molecule has 0 radical (unpaired) electrons. The molecule has 0 aromatic heterocycles. The van der Waals surface area contributed by atoms with Crippen molar-refractivity contribution in [2.24, 2.45) is 5.73 Å². The van der Waals surface area contributed by atoms with Crippen LogP contribution in [0.15, 0.2) is 23.1 Å². The molecule has 6 nitrogen and oxygen atoms in total. The van der Waals surface area contributed by atoms with E-state index in [-0.39, 0.29) is 36.1 Å². The van der Waals surface area contributed by atoms with Crippen molar-refractivity contribution < 1.29 is 9.72 Å². The zero-order valence-electron chi connectivity index (χ0n) is 11.5. The molecule has 0 aliphatic heterocycles. The number of hydrogen-bond acceptors (Lipinski definition) is 5. The molecule has 0 heterocycles. The number of amides is 1. The van der Waals surface area contributed by atoms with Crippen molar-refractivity contribution in [2.75, 3.05) is 12.8 Å². The fraction of sp³-hybridized carbons (Fsp3) is 0.417. The number of thioether (sulfide) groups is 1. The van der Waals surface area contributed by atoms with Crippen molar-refractivity contribution in [3.05, 3.63) is 33.9 Å². The van der Waals surface area contributed by atoms with Gasteiger partial charge in [-0.15, -0.1) is 24.2 Å². The second-order valence-corrected chi connectivity index (χ2v) is 5.53. The van der Waals surface area contributed by atoms with Crippen LogP contribution in [0, 0.1) is 10.1 Å². The number of carbonyl (C=O) groups excluding carboxylic acids is 1. The van der Waals surface area contributed by atoms with E-state index in [1.165, 1.54) is 17.8 Å². The molecule has 0 aliphatic carbocycles. The van der Waals surface area contributed by atoms with E-state index in [0.29, 0.717) is 4.90 Å². The Morgan fingerprint density at radius 2 is 2.10 bits per heavy atom. The second-order valence-electron chi connectivity index (χ2n) is 4.69. The average molecular weight is 320 g/mol. The van der Waals surface area contributed by atoms with Gasteiger partial charge in [-0.1, -0.05) is 0 Å². The summed E-state index contributed by atoms with van der Waals surface area (Å²) in [4.78, 5) is 23.0. The molecular formula is C12H18ClN3O3S. The summed E-state index contributed by atoms with van der Waals surface area (Å²) < 4.78 is 0. The monoisotopic (exact) mass is 319 g/mol. The van der Waals surface area contributed by atoms with Crippen LogP contribution in [0.5, 0.6) is 0 Å². The molecule has 0 bridgehead atoms. The quantitative estimate of drug-likeness (QED) is 0.492. The molecule has 1 aromatic carbocycles. The number of nitrogens with two attached hydrogens (primary N) is 1. The third-order valence-corrected chi connectivity index (χ3v) is 3.39. The maximum Gasteiger partial charge on any atom is 0.283 e. The minimum atomic E-state index is -0.552. The average Bonchev–Trinajstić information content (AvgIpc) is 2.37. The third-order valence-electron chi connectivity index (χ3n) is 2.60. The lowest BCUT2D eigenvalue weighted by molar-refractivity contribution is -0.387. The van der Waals surface area contributed by atoms with Crippen LogP contribution < -0.4 is 11.1 Å². The van der Waals surface area contributed by atoms with E-state index in [4.69, 9.17) is 5.73 Å². The highest BCUT2D eigenvalue weighted by Crippen LogP contribution is 2.28. The van der Waals surface area contributed by atoms with E-state index in [1.54, 1.807) is 32.2 Å². The molecule has 0 spiro atoms. The maximum absolute atomic E-state index is 12.0. The van der Waals surface area contributed by atoms with Crippen molar-refractivity contribution in [3.63, 3.8) is 0 Å². The summed E-state index contributed by atoms with van der Waals surface area (Å²) in [5.74, 6) is -0.369. The lowest BCUT2D eigenvalue weighted by Gasteiger charge is -2.24. The fourth-order valence-corrected chi connectivity index (χ4v) is 1.95. The highest BCUT2D eigenvalue weighted by molar-refractivity contribution is 7.98. The Morgan fingerprint density at radius 3 is 2.55 bits per heavy atom. The number of carbonyl (C=O) groups is 1. The number of hydrogen-bond donors (Lipinski definition) is 2. The Balaban J connectivity index is 0.00000361. The van der Waals surface area contributed by atoms with Gasteiger partial charge in [-0.3, -0.25) is 14.9 Å². The minimum Gasteiger partial charge on any atom is -0.346 e. The highest BCUT2D eigenvalue weighted by Gasteiger charge is 2.22. The summed E-state index contributed by atoms with van der Waals surface area (Å²) in [7, 11) is 0. The zero-order chi connectivity index (χ0) is 14.6. The normalized spacial score (nSPS) is 10.6. The Bertz CT molecular complexity index is 509. The van der Waals surface area contributed by atoms with Crippen LogP contribution in [0.2, 0.25) is 0 Å². The molecular weight excluding hydrogens is 302 g/mol. The first-order chi connectivity index (χ1) is 8.80. The third kappa shape index (κ3) is 4.66. The lowest BCUT2D eigenvalue weighted by atomic mass is 10.1. The summed E-state index contributed by atoms with van der Waals surface area (Å²) in [6.45, 7) is 3.86. The summed E-state index contributed by atoms with van der Waals surface area (Å²) in [5, 5.41) is 13.7. The van der Waals surface area contributed by atoms with Crippen LogP contribution in [0.1, 0.15) is 24.2 Å². The van der Waals surface area contributed by atoms with Crippen molar-refractivity contribution in [3.8, 4) is 0 Å². The van der Waals surface area contributed by atoms with E-state index in [2.05, 4.69) is 5.32 Å².